The minimum Gasteiger partial charge on any atom is -0.368 e. The maximum Gasteiger partial charge on any atom is 0.227 e. The van der Waals surface area contributed by atoms with E-state index in [1.165, 1.54) is 4.88 Å². The Morgan fingerprint density at radius 1 is 1.36 bits per heavy atom. The molecule has 0 aromatic carbocycles. The molecule has 0 unspecified atom stereocenters. The topological polar surface area (TPSA) is 64.7 Å². The summed E-state index contributed by atoms with van der Waals surface area (Å²) in [6, 6.07) is 1.98. The summed E-state index contributed by atoms with van der Waals surface area (Å²) in [7, 11) is 0. The molecule has 0 radical (unpaired) electrons. The van der Waals surface area contributed by atoms with Gasteiger partial charge in [-0.15, -0.1) is 11.3 Å². The van der Waals surface area contributed by atoms with Crippen molar-refractivity contribution in [3.63, 3.8) is 0 Å². The van der Waals surface area contributed by atoms with Crippen molar-refractivity contribution in [2.45, 2.75) is 6.92 Å². The lowest BCUT2D eigenvalue weighted by molar-refractivity contribution is 1.07. The Morgan fingerprint density at radius 3 is 2.71 bits per heavy atom. The molecule has 4 nitrogen and oxygen atoms in total. The van der Waals surface area contributed by atoms with E-state index in [2.05, 4.69) is 15.0 Å². The average Bonchev–Trinajstić information content (AvgIpc) is 2.50. The van der Waals surface area contributed by atoms with Gasteiger partial charge in [-0.25, -0.2) is 0 Å². The highest BCUT2D eigenvalue weighted by atomic mass is 35.5. The van der Waals surface area contributed by atoms with Gasteiger partial charge in [0.25, 0.3) is 0 Å². The molecule has 6 heteroatoms. The average molecular weight is 227 g/mol. The van der Waals surface area contributed by atoms with Crippen molar-refractivity contribution in [2.24, 2.45) is 0 Å². The van der Waals surface area contributed by atoms with E-state index in [0.29, 0.717) is 5.82 Å². The summed E-state index contributed by atoms with van der Waals surface area (Å²) in [6.07, 6.45) is 0. The molecule has 0 aliphatic heterocycles. The normalized spacial score (nSPS) is 10.4. The lowest BCUT2D eigenvalue weighted by Gasteiger charge is -1.97. The van der Waals surface area contributed by atoms with Gasteiger partial charge in [-0.05, 0) is 24.6 Å². The Balaban J connectivity index is 2.51. The molecule has 0 spiro atoms. The molecule has 72 valence electrons. The maximum atomic E-state index is 5.67. The summed E-state index contributed by atoms with van der Waals surface area (Å²) in [5.74, 6) is 0.663. The molecule has 14 heavy (non-hydrogen) atoms. The van der Waals surface area contributed by atoms with Gasteiger partial charge in [0.15, 0.2) is 5.82 Å². The molecule has 0 aliphatic rings. The summed E-state index contributed by atoms with van der Waals surface area (Å²) in [5.41, 5.74) is 6.38. The SMILES string of the molecule is Cc1cc(-c2nc(N)nc(Cl)n2)cs1. The second-order valence-electron chi connectivity index (χ2n) is 2.73. The van der Waals surface area contributed by atoms with Gasteiger partial charge in [0.2, 0.25) is 11.2 Å². The number of nitrogens with zero attached hydrogens (tertiary/aromatic N) is 3. The molecule has 0 saturated heterocycles. The monoisotopic (exact) mass is 226 g/mol. The first-order valence-electron chi connectivity index (χ1n) is 3.88. The van der Waals surface area contributed by atoms with Crippen molar-refractivity contribution in [3.8, 4) is 11.4 Å². The second-order valence-corrected chi connectivity index (χ2v) is 4.19. The van der Waals surface area contributed by atoms with E-state index in [0.717, 1.165) is 5.56 Å². The second kappa shape index (κ2) is 3.51. The first-order valence-corrected chi connectivity index (χ1v) is 5.13. The zero-order valence-corrected chi connectivity index (χ0v) is 8.93. The zero-order chi connectivity index (χ0) is 10.1. The third-order valence-corrected chi connectivity index (χ3v) is 2.64. The smallest absolute Gasteiger partial charge is 0.227 e. The number of hydrogen-bond acceptors (Lipinski definition) is 5. The number of halogens is 1. The van der Waals surface area contributed by atoms with E-state index in [1.54, 1.807) is 11.3 Å². The van der Waals surface area contributed by atoms with Crippen molar-refractivity contribution >= 4 is 28.9 Å². The molecule has 0 aliphatic carbocycles. The summed E-state index contributed by atoms with van der Waals surface area (Å²) in [6.45, 7) is 2.01. The van der Waals surface area contributed by atoms with E-state index in [-0.39, 0.29) is 11.2 Å². The van der Waals surface area contributed by atoms with Crippen molar-refractivity contribution < 1.29 is 0 Å². The Hall–Kier alpha value is -1.20. The molecule has 2 aromatic rings. The molecule has 0 saturated carbocycles. The Morgan fingerprint density at radius 2 is 2.14 bits per heavy atom. The van der Waals surface area contributed by atoms with Crippen LogP contribution in [0.2, 0.25) is 5.28 Å². The Labute approximate surface area is 89.8 Å². The molecule has 0 amide bonds. The van der Waals surface area contributed by atoms with E-state index < -0.39 is 0 Å². The van der Waals surface area contributed by atoms with Crippen LogP contribution < -0.4 is 5.73 Å². The number of aryl methyl sites for hydroxylation is 1. The van der Waals surface area contributed by atoms with Crippen LogP contribution in [0.3, 0.4) is 0 Å². The van der Waals surface area contributed by atoms with Crippen LogP contribution in [0, 0.1) is 6.92 Å². The minimum absolute atomic E-state index is 0.122. The number of anilines is 1. The molecule has 0 atom stereocenters. The number of aromatic nitrogens is 3. The fourth-order valence-corrected chi connectivity index (χ4v) is 1.90. The highest BCUT2D eigenvalue weighted by molar-refractivity contribution is 7.10. The maximum absolute atomic E-state index is 5.67. The van der Waals surface area contributed by atoms with E-state index in [9.17, 15) is 0 Å². The third kappa shape index (κ3) is 1.83. The van der Waals surface area contributed by atoms with E-state index in [1.807, 2.05) is 18.4 Å². The molecule has 2 N–H and O–H groups in total. The number of rotatable bonds is 1. The van der Waals surface area contributed by atoms with Crippen molar-refractivity contribution in [3.05, 3.63) is 21.6 Å². The van der Waals surface area contributed by atoms with E-state index >= 15 is 0 Å². The summed E-state index contributed by atoms with van der Waals surface area (Å²) in [4.78, 5) is 12.9. The number of thiophene rings is 1. The van der Waals surface area contributed by atoms with Crippen LogP contribution in [0.4, 0.5) is 5.95 Å². The fraction of sp³-hybridized carbons (Fsp3) is 0.125. The van der Waals surface area contributed by atoms with Gasteiger partial charge in [0.05, 0.1) is 0 Å². The van der Waals surface area contributed by atoms with Crippen LogP contribution in [-0.2, 0) is 0 Å². The van der Waals surface area contributed by atoms with Crippen molar-refractivity contribution in [2.75, 3.05) is 5.73 Å². The predicted molar refractivity (Wildman–Crippen MR) is 57.3 cm³/mol. The first kappa shape index (κ1) is 9.36. The van der Waals surface area contributed by atoms with Crippen molar-refractivity contribution in [1.82, 2.24) is 15.0 Å². The molecule has 2 aromatic heterocycles. The molecule has 0 bridgehead atoms. The van der Waals surface area contributed by atoms with Crippen LogP contribution in [0.15, 0.2) is 11.4 Å². The largest absolute Gasteiger partial charge is 0.368 e. The van der Waals surface area contributed by atoms with Gasteiger partial charge in [-0.1, -0.05) is 0 Å². The van der Waals surface area contributed by atoms with E-state index in [4.69, 9.17) is 17.3 Å². The lowest BCUT2D eigenvalue weighted by Crippen LogP contribution is -1.99. The standard InChI is InChI=1S/C8H7ClN4S/c1-4-2-5(3-14-4)6-11-7(9)13-8(10)12-6/h2-3H,1H3,(H2,10,11,12,13). The molecule has 2 heterocycles. The lowest BCUT2D eigenvalue weighted by atomic mass is 10.3. The number of hydrogen-bond donors (Lipinski definition) is 1. The fourth-order valence-electron chi connectivity index (χ4n) is 1.06. The number of nitrogen functional groups attached to an aromatic ring is 1. The molecule has 2 rings (SSSR count). The Kier molecular flexibility index (Phi) is 2.35. The predicted octanol–water partition coefficient (Wildman–Crippen LogP) is 2.14. The summed E-state index contributed by atoms with van der Waals surface area (Å²) >= 11 is 7.29. The molecular weight excluding hydrogens is 220 g/mol. The van der Waals surface area contributed by atoms with Crippen molar-refractivity contribution in [1.29, 1.82) is 0 Å². The summed E-state index contributed by atoms with van der Waals surface area (Å²) in [5, 5.41) is 2.08. The van der Waals surface area contributed by atoms with Gasteiger partial charge in [-0.3, -0.25) is 0 Å². The highest BCUT2D eigenvalue weighted by Crippen LogP contribution is 2.22. The van der Waals surface area contributed by atoms with Gasteiger partial charge < -0.3 is 5.73 Å². The van der Waals surface area contributed by atoms with Gasteiger partial charge in [0.1, 0.15) is 0 Å². The quantitative estimate of drug-likeness (QED) is 0.809. The first-order chi connectivity index (χ1) is 6.65. The molecular formula is C8H7ClN4S. The third-order valence-electron chi connectivity index (χ3n) is 1.61. The molecule has 0 fully saturated rings. The van der Waals surface area contributed by atoms with Gasteiger partial charge >= 0.3 is 0 Å². The van der Waals surface area contributed by atoms with Crippen LogP contribution in [0.5, 0.6) is 0 Å². The van der Waals surface area contributed by atoms with Crippen LogP contribution in [0.1, 0.15) is 4.88 Å². The summed E-state index contributed by atoms with van der Waals surface area (Å²) < 4.78 is 0. The van der Waals surface area contributed by atoms with Crippen LogP contribution >= 0.6 is 22.9 Å². The Bertz CT molecular complexity index is 448. The van der Waals surface area contributed by atoms with Gasteiger partial charge in [-0.2, -0.15) is 15.0 Å². The minimum atomic E-state index is 0.122. The number of nitrogens with two attached hydrogens (primary N) is 1. The van der Waals surface area contributed by atoms with Crippen LogP contribution in [-0.4, -0.2) is 15.0 Å². The van der Waals surface area contributed by atoms with Gasteiger partial charge in [0, 0.05) is 15.8 Å². The zero-order valence-electron chi connectivity index (χ0n) is 7.36. The van der Waals surface area contributed by atoms with Crippen LogP contribution in [0.25, 0.3) is 11.4 Å². The highest BCUT2D eigenvalue weighted by Gasteiger charge is 2.06.